The molecule has 0 unspecified atom stereocenters. The lowest BCUT2D eigenvalue weighted by Gasteiger charge is -2.05. The molecule has 1 amide bonds. The quantitative estimate of drug-likeness (QED) is 0.625. The molecule has 0 fully saturated rings. The van der Waals surface area contributed by atoms with Gasteiger partial charge in [-0.3, -0.25) is 4.79 Å². The molecule has 0 aliphatic heterocycles. The number of hydrogen-bond acceptors (Lipinski definition) is 2. The fraction of sp³-hybridized carbons (Fsp3) is 0.308. The monoisotopic (exact) mass is 233 g/mol. The molecule has 1 rings (SSSR count). The molecule has 0 saturated carbocycles. The normalized spacial score (nSPS) is 9.50. The number of thioether (sulfide) groups is 1. The summed E-state index contributed by atoms with van der Waals surface area (Å²) in [5.74, 6) is 3.45. The second kappa shape index (κ2) is 6.97. The van der Waals surface area contributed by atoms with E-state index in [-0.39, 0.29) is 5.91 Å². The first-order valence-electron chi connectivity index (χ1n) is 5.16. The van der Waals surface area contributed by atoms with Crippen LogP contribution in [0.4, 0.5) is 5.69 Å². The Balaban J connectivity index is 2.41. The number of anilines is 1. The zero-order valence-corrected chi connectivity index (χ0v) is 10.1. The minimum atomic E-state index is -0.00972. The fourth-order valence-corrected chi connectivity index (χ4v) is 1.70. The highest BCUT2D eigenvalue weighted by atomic mass is 32.2. The van der Waals surface area contributed by atoms with E-state index in [0.717, 1.165) is 12.1 Å². The molecule has 0 aliphatic rings. The predicted octanol–water partition coefficient (Wildman–Crippen LogP) is 2.55. The molecule has 1 N–H and O–H groups in total. The van der Waals surface area contributed by atoms with Crippen LogP contribution >= 0.6 is 11.8 Å². The molecule has 0 bridgehead atoms. The molecular formula is C13H15NOS. The Morgan fingerprint density at radius 1 is 1.44 bits per heavy atom. The van der Waals surface area contributed by atoms with E-state index >= 15 is 0 Å². The molecule has 2 nitrogen and oxygen atoms in total. The van der Waals surface area contributed by atoms with Crippen LogP contribution in [0.3, 0.4) is 0 Å². The molecule has 1 aromatic carbocycles. The van der Waals surface area contributed by atoms with E-state index in [2.05, 4.69) is 18.2 Å². The molecule has 0 spiro atoms. The lowest BCUT2D eigenvalue weighted by Crippen LogP contribution is -2.14. The molecule has 0 heterocycles. The molecule has 0 saturated heterocycles. The summed E-state index contributed by atoms with van der Waals surface area (Å²) in [6.07, 6.45) is 6.10. The number of amides is 1. The first-order valence-corrected chi connectivity index (χ1v) is 6.31. The van der Waals surface area contributed by atoms with Crippen LogP contribution in [-0.4, -0.2) is 17.4 Å². The van der Waals surface area contributed by atoms with Gasteiger partial charge in [-0.2, -0.15) is 0 Å². The largest absolute Gasteiger partial charge is 0.325 e. The molecule has 84 valence electrons. The number of carbonyl (C=O) groups is 1. The summed E-state index contributed by atoms with van der Waals surface area (Å²) < 4.78 is 0. The average Bonchev–Trinajstić information content (AvgIpc) is 2.30. The third-order valence-electron chi connectivity index (χ3n) is 2.06. The maximum Gasteiger partial charge on any atom is 0.234 e. The van der Waals surface area contributed by atoms with Crippen molar-refractivity contribution in [3.8, 4) is 12.3 Å². The van der Waals surface area contributed by atoms with Gasteiger partial charge in [0.25, 0.3) is 0 Å². The average molecular weight is 233 g/mol. The molecule has 3 heteroatoms. The van der Waals surface area contributed by atoms with Crippen LogP contribution in [0.5, 0.6) is 0 Å². The number of aryl methyl sites for hydroxylation is 1. The molecule has 16 heavy (non-hydrogen) atoms. The molecular weight excluding hydrogens is 218 g/mol. The van der Waals surface area contributed by atoms with Crippen LogP contribution in [0.1, 0.15) is 12.5 Å². The van der Waals surface area contributed by atoms with Gasteiger partial charge < -0.3 is 5.32 Å². The molecule has 1 aromatic rings. The fourth-order valence-electron chi connectivity index (χ4n) is 1.22. The highest BCUT2D eigenvalue weighted by Gasteiger charge is 2.01. The Hall–Kier alpha value is -1.40. The van der Waals surface area contributed by atoms with E-state index in [1.165, 1.54) is 17.3 Å². The zero-order valence-electron chi connectivity index (χ0n) is 9.32. The Kier molecular flexibility index (Phi) is 5.52. The number of benzene rings is 1. The number of rotatable bonds is 5. The summed E-state index contributed by atoms with van der Waals surface area (Å²) in [4.78, 5) is 11.4. The van der Waals surface area contributed by atoms with E-state index in [1.807, 2.05) is 24.3 Å². The standard InChI is InChI=1S/C13H15NOS/c1-3-9-16-10-13(15)14-12-7-5-11(4-2)6-8-12/h1,5-8H,4,9-10H2,2H3,(H,14,15). The van der Waals surface area contributed by atoms with Gasteiger partial charge in [-0.1, -0.05) is 25.0 Å². The van der Waals surface area contributed by atoms with Crippen LogP contribution in [0.15, 0.2) is 24.3 Å². The minimum absolute atomic E-state index is 0.00972. The van der Waals surface area contributed by atoms with Crippen molar-refractivity contribution in [2.45, 2.75) is 13.3 Å². The Bertz CT molecular complexity index is 378. The van der Waals surface area contributed by atoms with Crippen molar-refractivity contribution < 1.29 is 4.79 Å². The predicted molar refractivity (Wildman–Crippen MR) is 70.6 cm³/mol. The van der Waals surface area contributed by atoms with Gasteiger partial charge in [-0.05, 0) is 24.1 Å². The molecule has 0 atom stereocenters. The van der Waals surface area contributed by atoms with E-state index in [1.54, 1.807) is 0 Å². The van der Waals surface area contributed by atoms with E-state index in [9.17, 15) is 4.79 Å². The summed E-state index contributed by atoms with van der Waals surface area (Å²) in [5, 5.41) is 2.82. The lowest BCUT2D eigenvalue weighted by atomic mass is 10.1. The Morgan fingerprint density at radius 3 is 2.69 bits per heavy atom. The molecule has 0 aliphatic carbocycles. The SMILES string of the molecule is C#CCSCC(=O)Nc1ccc(CC)cc1. The van der Waals surface area contributed by atoms with Crippen molar-refractivity contribution in [2.24, 2.45) is 0 Å². The van der Waals surface area contributed by atoms with Crippen LogP contribution in [0.25, 0.3) is 0 Å². The van der Waals surface area contributed by atoms with E-state index < -0.39 is 0 Å². The van der Waals surface area contributed by atoms with E-state index in [4.69, 9.17) is 6.42 Å². The van der Waals surface area contributed by atoms with Crippen molar-refractivity contribution in [3.63, 3.8) is 0 Å². The first-order chi connectivity index (χ1) is 7.76. The summed E-state index contributed by atoms with van der Waals surface area (Å²) in [7, 11) is 0. The van der Waals surface area contributed by atoms with Crippen LogP contribution < -0.4 is 5.32 Å². The van der Waals surface area contributed by atoms with Crippen molar-refractivity contribution in [2.75, 3.05) is 16.8 Å². The number of hydrogen-bond donors (Lipinski definition) is 1. The van der Waals surface area contributed by atoms with Gasteiger partial charge in [0.05, 0.1) is 11.5 Å². The second-order valence-electron chi connectivity index (χ2n) is 3.30. The van der Waals surface area contributed by atoms with Gasteiger partial charge >= 0.3 is 0 Å². The smallest absolute Gasteiger partial charge is 0.234 e. The number of terminal acetylenes is 1. The summed E-state index contributed by atoms with van der Waals surface area (Å²) >= 11 is 1.44. The maximum absolute atomic E-state index is 11.4. The highest BCUT2D eigenvalue weighted by Crippen LogP contribution is 2.10. The second-order valence-corrected chi connectivity index (χ2v) is 4.28. The topological polar surface area (TPSA) is 29.1 Å². The van der Waals surface area contributed by atoms with Gasteiger partial charge in [-0.25, -0.2) is 0 Å². The van der Waals surface area contributed by atoms with Crippen LogP contribution in [0, 0.1) is 12.3 Å². The number of carbonyl (C=O) groups excluding carboxylic acids is 1. The van der Waals surface area contributed by atoms with Gasteiger partial charge in [0.1, 0.15) is 0 Å². The van der Waals surface area contributed by atoms with Crippen molar-refractivity contribution in [1.29, 1.82) is 0 Å². The van der Waals surface area contributed by atoms with Gasteiger partial charge in [0, 0.05) is 5.69 Å². The summed E-state index contributed by atoms with van der Waals surface area (Å²) in [5.41, 5.74) is 2.10. The summed E-state index contributed by atoms with van der Waals surface area (Å²) in [6.45, 7) is 2.10. The summed E-state index contributed by atoms with van der Waals surface area (Å²) in [6, 6.07) is 7.87. The highest BCUT2D eigenvalue weighted by molar-refractivity contribution is 8.00. The van der Waals surface area contributed by atoms with Crippen LogP contribution in [0.2, 0.25) is 0 Å². The Morgan fingerprint density at radius 2 is 2.12 bits per heavy atom. The zero-order chi connectivity index (χ0) is 11.8. The minimum Gasteiger partial charge on any atom is -0.325 e. The maximum atomic E-state index is 11.4. The third-order valence-corrected chi connectivity index (χ3v) is 2.90. The van der Waals surface area contributed by atoms with Gasteiger partial charge in [-0.15, -0.1) is 18.2 Å². The van der Waals surface area contributed by atoms with Crippen LogP contribution in [-0.2, 0) is 11.2 Å². The molecule has 0 aromatic heterocycles. The lowest BCUT2D eigenvalue weighted by molar-refractivity contribution is -0.113. The third kappa shape index (κ3) is 4.41. The van der Waals surface area contributed by atoms with Crippen molar-refractivity contribution >= 4 is 23.4 Å². The van der Waals surface area contributed by atoms with Crippen molar-refractivity contribution in [3.05, 3.63) is 29.8 Å². The van der Waals surface area contributed by atoms with Gasteiger partial charge in [0.2, 0.25) is 5.91 Å². The Labute approximate surface area is 101 Å². The van der Waals surface area contributed by atoms with E-state index in [0.29, 0.717) is 11.5 Å². The van der Waals surface area contributed by atoms with Gasteiger partial charge in [0.15, 0.2) is 0 Å². The first kappa shape index (κ1) is 12.7. The number of nitrogens with one attached hydrogen (secondary N) is 1. The van der Waals surface area contributed by atoms with Crippen molar-refractivity contribution in [1.82, 2.24) is 0 Å². The molecule has 0 radical (unpaired) electrons.